The zero-order valence-electron chi connectivity index (χ0n) is 8.86. The Kier molecular flexibility index (Phi) is 3.27. The first kappa shape index (κ1) is 10.8. The van der Waals surface area contributed by atoms with Gasteiger partial charge in [-0.05, 0) is 29.7 Å². The molecule has 2 rings (SSSR count). The van der Waals surface area contributed by atoms with Gasteiger partial charge in [-0.1, -0.05) is 18.2 Å². The van der Waals surface area contributed by atoms with E-state index in [0.29, 0.717) is 18.3 Å². The Labute approximate surface area is 93.6 Å². The van der Waals surface area contributed by atoms with E-state index in [9.17, 15) is 4.39 Å². The molecular formula is C13H13FN2. The van der Waals surface area contributed by atoms with Crippen LogP contribution in [0.15, 0.2) is 48.4 Å². The minimum atomic E-state index is 0.239. The number of halogens is 1. The molecule has 1 aromatic heterocycles. The van der Waals surface area contributed by atoms with Crippen molar-refractivity contribution in [2.75, 3.05) is 6.54 Å². The fraction of sp³-hybridized carbons (Fsp3) is 0.154. The summed E-state index contributed by atoms with van der Waals surface area (Å²) < 4.78 is 12.4. The Morgan fingerprint density at radius 1 is 1.38 bits per heavy atom. The van der Waals surface area contributed by atoms with Crippen molar-refractivity contribution in [3.8, 4) is 0 Å². The third-order valence-electron chi connectivity index (χ3n) is 2.49. The quantitative estimate of drug-likeness (QED) is 0.856. The maximum absolute atomic E-state index is 12.4. The van der Waals surface area contributed by atoms with E-state index < -0.39 is 0 Å². The highest BCUT2D eigenvalue weighted by Gasteiger charge is 2.00. The van der Waals surface area contributed by atoms with Gasteiger partial charge in [-0.15, -0.1) is 0 Å². The number of rotatable bonds is 3. The number of fused-ring (bicyclic) bond motifs is 1. The molecule has 0 radical (unpaired) electrons. The van der Waals surface area contributed by atoms with Crippen molar-refractivity contribution >= 4 is 10.9 Å². The summed E-state index contributed by atoms with van der Waals surface area (Å²) in [7, 11) is 0. The Balaban J connectivity index is 2.32. The average molecular weight is 216 g/mol. The number of hydrogen-bond donors (Lipinski definition) is 1. The number of nitrogens with zero attached hydrogens (tertiary/aromatic N) is 1. The summed E-state index contributed by atoms with van der Waals surface area (Å²) >= 11 is 0. The molecule has 2 aromatic rings. The van der Waals surface area contributed by atoms with Crippen molar-refractivity contribution in [1.29, 1.82) is 0 Å². The van der Waals surface area contributed by atoms with Crippen LogP contribution in [0.25, 0.3) is 10.9 Å². The Morgan fingerprint density at radius 3 is 2.94 bits per heavy atom. The third-order valence-corrected chi connectivity index (χ3v) is 2.49. The second-order valence-electron chi connectivity index (χ2n) is 3.68. The van der Waals surface area contributed by atoms with Gasteiger partial charge in [0.2, 0.25) is 0 Å². The Morgan fingerprint density at radius 2 is 2.19 bits per heavy atom. The first-order valence-corrected chi connectivity index (χ1v) is 5.15. The van der Waals surface area contributed by atoms with E-state index in [4.69, 9.17) is 5.73 Å². The van der Waals surface area contributed by atoms with E-state index in [2.05, 4.69) is 4.98 Å². The maximum atomic E-state index is 12.4. The van der Waals surface area contributed by atoms with Crippen molar-refractivity contribution in [3.63, 3.8) is 0 Å². The lowest BCUT2D eigenvalue weighted by Gasteiger charge is -2.04. The summed E-state index contributed by atoms with van der Waals surface area (Å²) in [5, 5.41) is 1.07. The molecule has 1 heterocycles. The Hall–Kier alpha value is -1.74. The highest BCUT2D eigenvalue weighted by atomic mass is 19.1. The first-order valence-electron chi connectivity index (χ1n) is 5.15. The highest BCUT2D eigenvalue weighted by molar-refractivity contribution is 5.78. The van der Waals surface area contributed by atoms with Gasteiger partial charge in [-0.2, -0.15) is 0 Å². The molecule has 82 valence electrons. The second-order valence-corrected chi connectivity index (χ2v) is 3.68. The van der Waals surface area contributed by atoms with Crippen LogP contribution in [0.4, 0.5) is 4.39 Å². The largest absolute Gasteiger partial charge is 0.327 e. The lowest BCUT2D eigenvalue weighted by molar-refractivity contribution is 0.699. The molecule has 0 amide bonds. The molecule has 0 aliphatic heterocycles. The number of benzene rings is 1. The van der Waals surface area contributed by atoms with E-state index in [0.717, 1.165) is 16.5 Å². The first-order chi connectivity index (χ1) is 7.83. The molecule has 0 bridgehead atoms. The van der Waals surface area contributed by atoms with E-state index in [1.54, 1.807) is 6.20 Å². The molecule has 0 spiro atoms. The molecule has 1 aromatic carbocycles. The van der Waals surface area contributed by atoms with Crippen LogP contribution in [0.1, 0.15) is 5.56 Å². The fourth-order valence-electron chi connectivity index (χ4n) is 1.63. The molecule has 2 N–H and O–H groups in total. The molecule has 2 nitrogen and oxygen atoms in total. The fourth-order valence-corrected chi connectivity index (χ4v) is 1.63. The van der Waals surface area contributed by atoms with Crippen molar-refractivity contribution in [2.24, 2.45) is 5.73 Å². The van der Waals surface area contributed by atoms with Crippen molar-refractivity contribution < 1.29 is 4.39 Å². The number of para-hydroxylation sites is 1. The van der Waals surface area contributed by atoms with Gasteiger partial charge in [-0.25, -0.2) is 4.39 Å². The van der Waals surface area contributed by atoms with Crippen LogP contribution < -0.4 is 5.73 Å². The molecule has 3 heteroatoms. The predicted octanol–water partition coefficient (Wildman–Crippen LogP) is 2.59. The van der Waals surface area contributed by atoms with Crippen LogP contribution >= 0.6 is 0 Å². The smallest absolute Gasteiger partial charge is 0.0875 e. The minimum absolute atomic E-state index is 0.239. The number of aromatic nitrogens is 1. The van der Waals surface area contributed by atoms with Crippen molar-refractivity contribution in [1.82, 2.24) is 4.98 Å². The molecular weight excluding hydrogens is 203 g/mol. The van der Waals surface area contributed by atoms with E-state index in [1.165, 1.54) is 0 Å². The van der Waals surface area contributed by atoms with Crippen molar-refractivity contribution in [3.05, 3.63) is 54.0 Å². The molecule has 0 aliphatic carbocycles. The average Bonchev–Trinajstić information content (AvgIpc) is 2.35. The standard InChI is InChI=1S/C13H13FN2/c14-7-11(8-15)5-10-6-12-3-1-2-4-13(12)16-9-10/h1-4,6-7,9H,5,8,15H2. The molecule has 16 heavy (non-hydrogen) atoms. The zero-order valence-corrected chi connectivity index (χ0v) is 8.86. The summed E-state index contributed by atoms with van der Waals surface area (Å²) in [6.07, 6.45) is 2.86. The summed E-state index contributed by atoms with van der Waals surface area (Å²) in [4.78, 5) is 4.31. The summed E-state index contributed by atoms with van der Waals surface area (Å²) in [5.74, 6) is 0. The van der Waals surface area contributed by atoms with Gasteiger partial charge >= 0.3 is 0 Å². The van der Waals surface area contributed by atoms with Crippen LogP contribution in [0.3, 0.4) is 0 Å². The van der Waals surface area contributed by atoms with Crippen LogP contribution in [0, 0.1) is 0 Å². The lowest BCUT2D eigenvalue weighted by Crippen LogP contribution is -2.05. The van der Waals surface area contributed by atoms with Crippen LogP contribution in [-0.2, 0) is 6.42 Å². The number of hydrogen-bond acceptors (Lipinski definition) is 2. The normalized spacial score (nSPS) is 12.0. The molecule has 0 unspecified atom stereocenters. The van der Waals surface area contributed by atoms with Gasteiger partial charge in [0.1, 0.15) is 0 Å². The van der Waals surface area contributed by atoms with Gasteiger partial charge in [0.15, 0.2) is 0 Å². The number of pyridine rings is 1. The van der Waals surface area contributed by atoms with Crippen LogP contribution in [0.5, 0.6) is 0 Å². The van der Waals surface area contributed by atoms with Crippen LogP contribution in [-0.4, -0.2) is 11.5 Å². The molecule has 0 fully saturated rings. The minimum Gasteiger partial charge on any atom is -0.327 e. The zero-order chi connectivity index (χ0) is 11.4. The predicted molar refractivity (Wildman–Crippen MR) is 63.7 cm³/mol. The van der Waals surface area contributed by atoms with Gasteiger partial charge in [0.05, 0.1) is 11.8 Å². The lowest BCUT2D eigenvalue weighted by atomic mass is 10.1. The monoisotopic (exact) mass is 216 g/mol. The van der Waals surface area contributed by atoms with E-state index in [-0.39, 0.29) is 6.54 Å². The van der Waals surface area contributed by atoms with Gasteiger partial charge in [0.25, 0.3) is 0 Å². The molecule has 0 aliphatic rings. The molecule has 0 atom stereocenters. The van der Waals surface area contributed by atoms with Gasteiger partial charge < -0.3 is 5.73 Å². The summed E-state index contributed by atoms with van der Waals surface area (Å²) in [5.41, 5.74) is 7.92. The second kappa shape index (κ2) is 4.86. The maximum Gasteiger partial charge on any atom is 0.0875 e. The summed E-state index contributed by atoms with van der Waals surface area (Å²) in [6.45, 7) is 0.239. The highest BCUT2D eigenvalue weighted by Crippen LogP contribution is 2.15. The summed E-state index contributed by atoms with van der Waals surface area (Å²) in [6, 6.07) is 9.87. The molecule has 0 saturated carbocycles. The topological polar surface area (TPSA) is 38.9 Å². The van der Waals surface area contributed by atoms with Gasteiger partial charge in [0, 0.05) is 18.1 Å². The van der Waals surface area contributed by atoms with E-state index >= 15 is 0 Å². The SMILES string of the molecule is NCC(=CF)Cc1cnc2ccccc2c1. The van der Waals surface area contributed by atoms with Crippen LogP contribution in [0.2, 0.25) is 0 Å². The van der Waals surface area contributed by atoms with Gasteiger partial charge in [-0.3, -0.25) is 4.98 Å². The Bertz CT molecular complexity index is 520. The number of nitrogens with two attached hydrogens (primary N) is 1. The van der Waals surface area contributed by atoms with Crippen molar-refractivity contribution in [2.45, 2.75) is 6.42 Å². The molecule has 0 saturated heterocycles. The van der Waals surface area contributed by atoms with E-state index in [1.807, 2.05) is 30.3 Å². The third kappa shape index (κ3) is 2.25.